The van der Waals surface area contributed by atoms with Crippen LogP contribution in [0.15, 0.2) is 36.4 Å². The van der Waals surface area contributed by atoms with Crippen LogP contribution in [-0.4, -0.2) is 18.5 Å². The average molecular weight is 298 g/mol. The Labute approximate surface area is 119 Å². The van der Waals surface area contributed by atoms with Gasteiger partial charge in [-0.1, -0.05) is 18.2 Å². The van der Waals surface area contributed by atoms with E-state index in [-0.39, 0.29) is 23.7 Å². The number of para-hydroxylation sites is 1. The molecule has 1 aromatic heterocycles. The molecule has 0 saturated heterocycles. The summed E-state index contributed by atoms with van der Waals surface area (Å²) in [6.45, 7) is 0.206. The van der Waals surface area contributed by atoms with Crippen molar-refractivity contribution < 1.29 is 22.6 Å². The molecule has 2 aromatic rings. The molecule has 0 bridgehead atoms. The van der Waals surface area contributed by atoms with Crippen LogP contribution in [0.1, 0.15) is 5.69 Å². The monoisotopic (exact) mass is 298 g/mol. The van der Waals surface area contributed by atoms with E-state index in [4.69, 9.17) is 10.5 Å². The van der Waals surface area contributed by atoms with E-state index in [1.165, 1.54) is 25.3 Å². The number of hydrogen-bond donors (Lipinski definition) is 1. The lowest BCUT2D eigenvalue weighted by atomic mass is 10.1. The molecule has 0 saturated carbocycles. The van der Waals surface area contributed by atoms with E-state index < -0.39 is 6.36 Å². The summed E-state index contributed by atoms with van der Waals surface area (Å²) >= 11 is 0. The number of rotatable bonds is 4. The van der Waals surface area contributed by atoms with Crippen LogP contribution in [0.2, 0.25) is 0 Å². The number of halogens is 3. The van der Waals surface area contributed by atoms with Gasteiger partial charge in [-0.15, -0.1) is 13.2 Å². The number of benzene rings is 1. The van der Waals surface area contributed by atoms with Gasteiger partial charge in [0.2, 0.25) is 5.88 Å². The lowest BCUT2D eigenvalue weighted by Crippen LogP contribution is -2.17. The smallest absolute Gasteiger partial charge is 0.481 e. The number of ether oxygens (including phenoxy) is 2. The van der Waals surface area contributed by atoms with Crippen LogP contribution in [0, 0.1) is 0 Å². The van der Waals surface area contributed by atoms with Gasteiger partial charge >= 0.3 is 6.36 Å². The number of methoxy groups -OCH3 is 1. The predicted molar refractivity (Wildman–Crippen MR) is 70.8 cm³/mol. The van der Waals surface area contributed by atoms with Crippen molar-refractivity contribution in [2.75, 3.05) is 7.11 Å². The first-order valence-electron chi connectivity index (χ1n) is 6.03. The van der Waals surface area contributed by atoms with Gasteiger partial charge in [0, 0.05) is 17.7 Å². The molecule has 0 aliphatic heterocycles. The number of pyridine rings is 1. The molecule has 0 radical (unpaired) electrons. The van der Waals surface area contributed by atoms with Gasteiger partial charge in [-0.25, -0.2) is 4.98 Å². The van der Waals surface area contributed by atoms with Crippen molar-refractivity contribution in [3.8, 4) is 22.8 Å². The Morgan fingerprint density at radius 1 is 1.10 bits per heavy atom. The minimum absolute atomic E-state index is 0.191. The molecule has 0 amide bonds. The van der Waals surface area contributed by atoms with E-state index in [1.807, 2.05) is 0 Å². The zero-order valence-electron chi connectivity index (χ0n) is 11.1. The maximum Gasteiger partial charge on any atom is 0.573 e. The topological polar surface area (TPSA) is 57.4 Å². The molecule has 0 atom stereocenters. The molecule has 4 nitrogen and oxygen atoms in total. The van der Waals surface area contributed by atoms with Crippen LogP contribution in [0.4, 0.5) is 13.2 Å². The van der Waals surface area contributed by atoms with Gasteiger partial charge < -0.3 is 15.2 Å². The third-order valence-electron chi connectivity index (χ3n) is 2.72. The third kappa shape index (κ3) is 3.63. The first-order chi connectivity index (χ1) is 9.94. The van der Waals surface area contributed by atoms with Crippen LogP contribution in [0.5, 0.6) is 11.6 Å². The van der Waals surface area contributed by atoms with E-state index in [9.17, 15) is 13.2 Å². The summed E-state index contributed by atoms with van der Waals surface area (Å²) in [6, 6.07) is 9.03. The zero-order valence-corrected chi connectivity index (χ0v) is 11.1. The van der Waals surface area contributed by atoms with Gasteiger partial charge in [-0.2, -0.15) is 0 Å². The maximum absolute atomic E-state index is 12.5. The molecule has 0 unspecified atom stereocenters. The van der Waals surface area contributed by atoms with Crippen LogP contribution in [0.25, 0.3) is 11.1 Å². The molecule has 2 N–H and O–H groups in total. The largest absolute Gasteiger partial charge is 0.573 e. The molecule has 7 heteroatoms. The molecule has 2 rings (SSSR count). The number of nitrogens with zero attached hydrogens (tertiary/aromatic N) is 1. The fourth-order valence-corrected chi connectivity index (χ4v) is 1.86. The van der Waals surface area contributed by atoms with Gasteiger partial charge in [0.05, 0.1) is 12.8 Å². The summed E-state index contributed by atoms with van der Waals surface area (Å²) in [6.07, 6.45) is -4.77. The van der Waals surface area contributed by atoms with Crippen molar-refractivity contribution >= 4 is 0 Å². The average Bonchev–Trinajstić information content (AvgIpc) is 2.45. The Morgan fingerprint density at radius 2 is 1.81 bits per heavy atom. The fourth-order valence-electron chi connectivity index (χ4n) is 1.86. The minimum Gasteiger partial charge on any atom is -0.481 e. The van der Waals surface area contributed by atoms with Crippen molar-refractivity contribution in [3.05, 3.63) is 42.1 Å². The Kier molecular flexibility index (Phi) is 4.32. The number of aromatic nitrogens is 1. The van der Waals surface area contributed by atoms with Crippen molar-refractivity contribution in [1.29, 1.82) is 0 Å². The van der Waals surface area contributed by atoms with Crippen LogP contribution in [0.3, 0.4) is 0 Å². The molecule has 0 aliphatic rings. The van der Waals surface area contributed by atoms with Crippen molar-refractivity contribution in [2.45, 2.75) is 12.9 Å². The Morgan fingerprint density at radius 3 is 2.43 bits per heavy atom. The molecule has 0 spiro atoms. The van der Waals surface area contributed by atoms with E-state index in [2.05, 4.69) is 9.72 Å². The highest BCUT2D eigenvalue weighted by molar-refractivity contribution is 5.74. The van der Waals surface area contributed by atoms with Crippen molar-refractivity contribution in [3.63, 3.8) is 0 Å². The van der Waals surface area contributed by atoms with Crippen LogP contribution in [-0.2, 0) is 6.54 Å². The van der Waals surface area contributed by atoms with Gasteiger partial charge in [-0.05, 0) is 18.2 Å². The first kappa shape index (κ1) is 15.1. The van der Waals surface area contributed by atoms with Crippen molar-refractivity contribution in [1.82, 2.24) is 4.98 Å². The number of nitrogens with two attached hydrogens (primary N) is 1. The molecule has 112 valence electrons. The molecule has 1 heterocycles. The number of alkyl halides is 3. The summed E-state index contributed by atoms with van der Waals surface area (Å²) in [5.74, 6) is -0.123. The Bertz CT molecular complexity index is 630. The first-order valence-corrected chi connectivity index (χ1v) is 6.03. The standard InChI is InChI=1S/C14H13F3N2O2/c1-20-13-11(7-6-9(8-18)19-13)10-4-2-3-5-12(10)21-14(15,16)17/h2-7H,8,18H2,1H3. The van der Waals surface area contributed by atoms with E-state index in [0.717, 1.165) is 0 Å². The van der Waals surface area contributed by atoms with E-state index in [0.29, 0.717) is 11.3 Å². The lowest BCUT2D eigenvalue weighted by Gasteiger charge is -2.15. The van der Waals surface area contributed by atoms with Crippen molar-refractivity contribution in [2.24, 2.45) is 5.73 Å². The second-order valence-electron chi connectivity index (χ2n) is 4.11. The summed E-state index contributed by atoms with van der Waals surface area (Å²) in [5, 5.41) is 0. The van der Waals surface area contributed by atoms with Crippen LogP contribution >= 0.6 is 0 Å². The highest BCUT2D eigenvalue weighted by Crippen LogP contribution is 2.37. The highest BCUT2D eigenvalue weighted by atomic mass is 19.4. The number of hydrogen-bond acceptors (Lipinski definition) is 4. The zero-order chi connectivity index (χ0) is 15.5. The fraction of sp³-hybridized carbons (Fsp3) is 0.214. The third-order valence-corrected chi connectivity index (χ3v) is 2.72. The predicted octanol–water partition coefficient (Wildman–Crippen LogP) is 3.11. The summed E-state index contributed by atoms with van der Waals surface area (Å²) in [4.78, 5) is 4.14. The van der Waals surface area contributed by atoms with E-state index in [1.54, 1.807) is 18.2 Å². The molecule has 0 fully saturated rings. The Hall–Kier alpha value is -2.28. The maximum atomic E-state index is 12.5. The van der Waals surface area contributed by atoms with Crippen LogP contribution < -0.4 is 15.2 Å². The summed E-state index contributed by atoms with van der Waals surface area (Å²) < 4.78 is 46.5. The molecule has 21 heavy (non-hydrogen) atoms. The molecular formula is C14H13F3N2O2. The normalized spacial score (nSPS) is 11.3. The second kappa shape index (κ2) is 6.01. The van der Waals surface area contributed by atoms with Gasteiger partial charge in [0.25, 0.3) is 0 Å². The highest BCUT2D eigenvalue weighted by Gasteiger charge is 2.32. The van der Waals surface area contributed by atoms with Gasteiger partial charge in [-0.3, -0.25) is 0 Å². The minimum atomic E-state index is -4.77. The second-order valence-corrected chi connectivity index (χ2v) is 4.11. The molecular weight excluding hydrogens is 285 g/mol. The summed E-state index contributed by atoms with van der Waals surface area (Å²) in [5.41, 5.74) is 6.69. The van der Waals surface area contributed by atoms with Gasteiger partial charge in [0.1, 0.15) is 5.75 Å². The molecule has 0 aliphatic carbocycles. The quantitative estimate of drug-likeness (QED) is 0.942. The van der Waals surface area contributed by atoms with E-state index >= 15 is 0 Å². The SMILES string of the molecule is COc1nc(CN)ccc1-c1ccccc1OC(F)(F)F. The lowest BCUT2D eigenvalue weighted by molar-refractivity contribution is -0.274. The molecule has 1 aromatic carbocycles. The Balaban J connectivity index is 2.51. The summed E-state index contributed by atoms with van der Waals surface area (Å²) in [7, 11) is 1.39. The van der Waals surface area contributed by atoms with Gasteiger partial charge in [0.15, 0.2) is 0 Å².